The number of piperidine rings is 1. The van der Waals surface area contributed by atoms with Crippen molar-refractivity contribution in [2.75, 3.05) is 61.4 Å². The van der Waals surface area contributed by atoms with E-state index in [1.807, 2.05) is 36.7 Å². The van der Waals surface area contributed by atoms with Gasteiger partial charge in [0.15, 0.2) is 0 Å². The molecule has 41 heavy (non-hydrogen) atoms. The van der Waals surface area contributed by atoms with Gasteiger partial charge in [-0.05, 0) is 67.1 Å². The third kappa shape index (κ3) is 7.43. The molecule has 0 saturated carbocycles. The summed E-state index contributed by atoms with van der Waals surface area (Å²) in [6.07, 6.45) is 5.89. The number of β-amino-alcohol motifs (C(OH)–C–C–N with tert-alkyl or cyclic N) is 1. The molecule has 3 heterocycles. The lowest BCUT2D eigenvalue weighted by Crippen LogP contribution is -2.49. The summed E-state index contributed by atoms with van der Waals surface area (Å²) in [5.74, 6) is 1.39. The second-order valence-electron chi connectivity index (χ2n) is 10.2. The molecule has 0 radical (unpaired) electrons. The number of anilines is 3. The normalized spacial score (nSPS) is 18.4. The van der Waals surface area contributed by atoms with Gasteiger partial charge in [-0.25, -0.2) is 19.4 Å². The predicted molar refractivity (Wildman–Crippen MR) is 163 cm³/mol. The van der Waals surface area contributed by atoms with Crippen LogP contribution >= 0.6 is 0 Å². The summed E-state index contributed by atoms with van der Waals surface area (Å²) in [5, 5.41) is 13.2. The summed E-state index contributed by atoms with van der Waals surface area (Å²) in [6, 6.07) is 14.5. The van der Waals surface area contributed by atoms with Gasteiger partial charge >= 0.3 is 0 Å². The number of nitrogens with zero attached hydrogens (tertiary/aromatic N) is 8. The lowest BCUT2D eigenvalue weighted by Gasteiger charge is -2.35. The molecule has 11 heteroatoms. The number of aliphatic hydroxyl groups excluding tert-OH is 1. The van der Waals surface area contributed by atoms with Gasteiger partial charge in [0.25, 0.3) is 0 Å². The first-order chi connectivity index (χ1) is 20.0. The second-order valence-corrected chi connectivity index (χ2v) is 10.2. The maximum absolute atomic E-state index is 13.2. The van der Waals surface area contributed by atoms with Gasteiger partial charge in [0, 0.05) is 76.5 Å². The Hall–Kier alpha value is -4.38. The third-order valence-corrected chi connectivity index (χ3v) is 7.30. The molecule has 0 aliphatic carbocycles. The topological polar surface area (TPSA) is 105 Å². The number of aliphatic hydroxyl groups is 1. The van der Waals surface area contributed by atoms with Gasteiger partial charge in [-0.15, -0.1) is 0 Å². The van der Waals surface area contributed by atoms with Crippen molar-refractivity contribution in [3.8, 4) is 0 Å². The Kier molecular flexibility index (Phi) is 9.15. The number of nitrogens with one attached hydrogen (secondary N) is 1. The molecule has 1 aromatic heterocycles. The summed E-state index contributed by atoms with van der Waals surface area (Å²) in [7, 11) is 1.72. The molecule has 0 unspecified atom stereocenters. The molecule has 0 bridgehead atoms. The number of rotatable bonds is 5. The third-order valence-electron chi connectivity index (χ3n) is 7.30. The fraction of sp³-hybridized carbons (Fsp3) is 0.367. The van der Waals surface area contributed by atoms with Crippen LogP contribution in [0.1, 0.15) is 24.0 Å². The summed E-state index contributed by atoms with van der Waals surface area (Å²) in [4.78, 5) is 28.7. The molecule has 0 amide bonds. The van der Waals surface area contributed by atoms with Crippen molar-refractivity contribution in [1.82, 2.24) is 14.9 Å². The van der Waals surface area contributed by atoms with Gasteiger partial charge in [0.1, 0.15) is 5.82 Å². The molecule has 0 spiro atoms. The van der Waals surface area contributed by atoms with Crippen molar-refractivity contribution < 1.29 is 9.50 Å². The standard InChI is InChI=1S/C30H36FN9O/c1-32-28(36-25-9-11-26(12-10-25)40-13-3-4-27(41)21-40)37-29(33-2)38-14-16-39(17-15-38)30-34-19-23(20-35-30)18-22-5-7-24(31)8-6-22/h5-12,19-20,27,41H,1,3-4,13-18,21H2,2H3,(H,33,36,37)/t27-/m1/s1. The number of benzene rings is 2. The number of hydrogen-bond acceptors (Lipinski definition) is 6. The molecule has 1 atom stereocenters. The predicted octanol–water partition coefficient (Wildman–Crippen LogP) is 3.44. The molecular formula is C30H36FN9O. The molecule has 2 saturated heterocycles. The molecule has 2 fully saturated rings. The van der Waals surface area contributed by atoms with Gasteiger partial charge in [-0.1, -0.05) is 12.1 Å². The minimum absolute atomic E-state index is 0.240. The van der Waals surface area contributed by atoms with Crippen molar-refractivity contribution in [2.45, 2.75) is 25.4 Å². The van der Waals surface area contributed by atoms with E-state index < -0.39 is 0 Å². The number of guanidine groups is 2. The van der Waals surface area contributed by atoms with Gasteiger partial charge < -0.3 is 25.1 Å². The number of hydrogen-bond donors (Lipinski definition) is 2. The fourth-order valence-corrected chi connectivity index (χ4v) is 5.08. The highest BCUT2D eigenvalue weighted by Crippen LogP contribution is 2.22. The molecule has 3 aromatic rings. The highest BCUT2D eigenvalue weighted by molar-refractivity contribution is 6.03. The second kappa shape index (κ2) is 13.3. The smallest absolute Gasteiger partial charge is 0.229 e. The van der Waals surface area contributed by atoms with Crippen LogP contribution in [0.3, 0.4) is 0 Å². The molecule has 2 aromatic carbocycles. The van der Waals surface area contributed by atoms with Crippen LogP contribution in [0.5, 0.6) is 0 Å². The molecule has 5 rings (SSSR count). The van der Waals surface area contributed by atoms with Crippen LogP contribution < -0.4 is 15.1 Å². The van der Waals surface area contributed by atoms with Crippen LogP contribution in [0.15, 0.2) is 75.9 Å². The van der Waals surface area contributed by atoms with E-state index in [9.17, 15) is 9.50 Å². The average molecular weight is 558 g/mol. The molecule has 2 aliphatic heterocycles. The van der Waals surface area contributed by atoms with E-state index in [0.29, 0.717) is 43.9 Å². The number of piperazine rings is 1. The maximum Gasteiger partial charge on any atom is 0.229 e. The van der Waals surface area contributed by atoms with Crippen molar-refractivity contribution in [3.63, 3.8) is 0 Å². The van der Waals surface area contributed by atoms with E-state index in [1.54, 1.807) is 19.2 Å². The number of aromatic nitrogens is 2. The fourth-order valence-electron chi connectivity index (χ4n) is 5.08. The highest BCUT2D eigenvalue weighted by Gasteiger charge is 2.22. The Morgan fingerprint density at radius 3 is 2.32 bits per heavy atom. The lowest BCUT2D eigenvalue weighted by molar-refractivity contribution is 0.154. The van der Waals surface area contributed by atoms with Gasteiger partial charge in [-0.3, -0.25) is 4.99 Å². The summed E-state index contributed by atoms with van der Waals surface area (Å²) in [5.41, 5.74) is 3.92. The summed E-state index contributed by atoms with van der Waals surface area (Å²) >= 11 is 0. The maximum atomic E-state index is 13.2. The zero-order valence-electron chi connectivity index (χ0n) is 23.3. The first kappa shape index (κ1) is 28.2. The van der Waals surface area contributed by atoms with E-state index in [4.69, 9.17) is 0 Å². The SMILES string of the molecule is C=NC(=NC(=NC)N1CCN(c2ncc(Cc3ccc(F)cc3)cn2)CC1)Nc1ccc(N2CCC[C@@H](O)C2)cc1. The Labute approximate surface area is 240 Å². The largest absolute Gasteiger partial charge is 0.391 e. The molecule has 2 N–H and O–H groups in total. The van der Waals surface area contributed by atoms with E-state index in [-0.39, 0.29) is 11.9 Å². The van der Waals surface area contributed by atoms with Gasteiger partial charge in [0.2, 0.25) is 17.9 Å². The summed E-state index contributed by atoms with van der Waals surface area (Å²) < 4.78 is 13.2. The molecular weight excluding hydrogens is 521 g/mol. The van der Waals surface area contributed by atoms with Crippen molar-refractivity contribution in [1.29, 1.82) is 0 Å². The zero-order chi connectivity index (χ0) is 28.6. The molecule has 2 aliphatic rings. The van der Waals surface area contributed by atoms with Gasteiger partial charge in [0.05, 0.1) is 6.10 Å². The number of aliphatic imine (C=N–C) groups is 3. The van der Waals surface area contributed by atoms with E-state index in [0.717, 1.165) is 55.0 Å². The molecule has 10 nitrogen and oxygen atoms in total. The number of halogens is 1. The highest BCUT2D eigenvalue weighted by atomic mass is 19.1. The van der Waals surface area contributed by atoms with Crippen molar-refractivity contribution >= 4 is 36.0 Å². The quantitative estimate of drug-likeness (QED) is 0.366. The lowest BCUT2D eigenvalue weighted by atomic mass is 10.1. The minimum Gasteiger partial charge on any atom is -0.391 e. The van der Waals surface area contributed by atoms with Crippen LogP contribution in [-0.2, 0) is 6.42 Å². The van der Waals surface area contributed by atoms with E-state index in [2.05, 4.69) is 51.7 Å². The molecule has 214 valence electrons. The van der Waals surface area contributed by atoms with Crippen LogP contribution in [-0.4, -0.2) is 91.0 Å². The summed E-state index contributed by atoms with van der Waals surface area (Å²) in [6.45, 7) is 8.15. The minimum atomic E-state index is -0.272. The van der Waals surface area contributed by atoms with Crippen LogP contribution in [0.4, 0.5) is 21.7 Å². The Morgan fingerprint density at radius 2 is 1.68 bits per heavy atom. The monoisotopic (exact) mass is 557 g/mol. The Balaban J connectivity index is 1.15. The van der Waals surface area contributed by atoms with Crippen LogP contribution in [0.2, 0.25) is 0 Å². The van der Waals surface area contributed by atoms with Gasteiger partial charge in [-0.2, -0.15) is 4.99 Å². The first-order valence-corrected chi connectivity index (χ1v) is 13.9. The van der Waals surface area contributed by atoms with Crippen LogP contribution in [0.25, 0.3) is 0 Å². The van der Waals surface area contributed by atoms with Crippen LogP contribution in [0, 0.1) is 5.82 Å². The van der Waals surface area contributed by atoms with E-state index >= 15 is 0 Å². The average Bonchev–Trinajstić information content (AvgIpc) is 3.01. The zero-order valence-corrected chi connectivity index (χ0v) is 23.3. The van der Waals surface area contributed by atoms with Crippen molar-refractivity contribution in [3.05, 3.63) is 77.9 Å². The van der Waals surface area contributed by atoms with E-state index in [1.165, 1.54) is 12.1 Å². The Morgan fingerprint density at radius 1 is 0.976 bits per heavy atom. The first-order valence-electron chi connectivity index (χ1n) is 13.9. The Bertz CT molecular complexity index is 1350. The van der Waals surface area contributed by atoms with Crippen molar-refractivity contribution in [2.24, 2.45) is 15.0 Å².